The minimum Gasteiger partial charge on any atom is -0.497 e. The molecule has 0 aliphatic carbocycles. The Morgan fingerprint density at radius 2 is 1.94 bits per heavy atom. The van der Waals surface area contributed by atoms with E-state index < -0.39 is 11.4 Å². The quantitative estimate of drug-likeness (QED) is 0.854. The molecule has 1 aromatic carbocycles. The van der Waals surface area contributed by atoms with Crippen LogP contribution in [0.3, 0.4) is 0 Å². The minimum absolute atomic E-state index is 0.184. The Kier molecular flexibility index (Phi) is 2.93. The number of rotatable bonds is 3. The fourth-order valence-electron chi connectivity index (χ4n) is 1.69. The van der Waals surface area contributed by atoms with Crippen LogP contribution in [0.1, 0.15) is 10.5 Å². The van der Waals surface area contributed by atoms with Gasteiger partial charge in [0, 0.05) is 12.1 Å². The number of H-pyrrole nitrogens is 1. The number of carboxylic acid groups (broad SMARTS) is 1. The molecule has 18 heavy (non-hydrogen) atoms. The average Bonchev–Trinajstić information content (AvgIpc) is 2.37. The lowest BCUT2D eigenvalue weighted by Crippen LogP contribution is -2.10. The number of aromatic amines is 1. The van der Waals surface area contributed by atoms with Gasteiger partial charge in [0.15, 0.2) is 5.43 Å². The van der Waals surface area contributed by atoms with E-state index in [-0.39, 0.29) is 5.69 Å². The summed E-state index contributed by atoms with van der Waals surface area (Å²) in [7, 11) is 2.90. The summed E-state index contributed by atoms with van der Waals surface area (Å²) in [5.41, 5.74) is -0.252. The standard InChI is InChI=1S/C12H11NO5/c1-17-6-3-7-9(14)5-8(12(15)16)13-11(7)10(4-6)18-2/h3-5H,1-2H3,(H,13,14)(H,15,16). The van der Waals surface area contributed by atoms with Gasteiger partial charge in [0.1, 0.15) is 17.2 Å². The number of fused-ring (bicyclic) bond motifs is 1. The van der Waals surface area contributed by atoms with Gasteiger partial charge in [-0.15, -0.1) is 0 Å². The second kappa shape index (κ2) is 4.40. The van der Waals surface area contributed by atoms with Gasteiger partial charge in [-0.25, -0.2) is 4.79 Å². The number of methoxy groups -OCH3 is 2. The molecule has 0 saturated heterocycles. The van der Waals surface area contributed by atoms with Crippen LogP contribution < -0.4 is 14.9 Å². The van der Waals surface area contributed by atoms with Crippen molar-refractivity contribution in [3.05, 3.63) is 34.1 Å². The molecule has 0 spiro atoms. The summed E-state index contributed by atoms with van der Waals surface area (Å²) in [6.45, 7) is 0. The maximum absolute atomic E-state index is 11.8. The molecule has 1 aromatic heterocycles. The van der Waals surface area contributed by atoms with Crippen molar-refractivity contribution >= 4 is 16.9 Å². The van der Waals surface area contributed by atoms with Crippen molar-refractivity contribution in [1.29, 1.82) is 0 Å². The predicted octanol–water partition coefficient (Wildman–Crippen LogP) is 1.24. The van der Waals surface area contributed by atoms with E-state index in [0.29, 0.717) is 22.4 Å². The summed E-state index contributed by atoms with van der Waals surface area (Å²) < 4.78 is 10.2. The molecule has 94 valence electrons. The number of nitrogens with one attached hydrogen (secondary N) is 1. The van der Waals surface area contributed by atoms with E-state index in [1.54, 1.807) is 6.07 Å². The fourth-order valence-corrected chi connectivity index (χ4v) is 1.69. The molecule has 0 bridgehead atoms. The number of carbonyl (C=O) groups is 1. The number of pyridine rings is 1. The average molecular weight is 249 g/mol. The van der Waals surface area contributed by atoms with Crippen LogP contribution in [0, 0.1) is 0 Å². The maximum Gasteiger partial charge on any atom is 0.352 e. The van der Waals surface area contributed by atoms with Gasteiger partial charge in [0.25, 0.3) is 0 Å². The van der Waals surface area contributed by atoms with Crippen molar-refractivity contribution in [3.63, 3.8) is 0 Å². The Balaban J connectivity index is 2.87. The first kappa shape index (κ1) is 12.0. The highest BCUT2D eigenvalue weighted by atomic mass is 16.5. The third-order valence-electron chi connectivity index (χ3n) is 2.56. The SMILES string of the molecule is COc1cc(OC)c2[nH]c(C(=O)O)cc(=O)c2c1. The monoisotopic (exact) mass is 249 g/mol. The predicted molar refractivity (Wildman–Crippen MR) is 64.6 cm³/mol. The summed E-state index contributed by atoms with van der Waals surface area (Å²) in [4.78, 5) is 25.4. The van der Waals surface area contributed by atoms with Gasteiger partial charge < -0.3 is 19.6 Å². The fraction of sp³-hybridized carbons (Fsp3) is 0.167. The van der Waals surface area contributed by atoms with Gasteiger partial charge in [-0.2, -0.15) is 0 Å². The Morgan fingerprint density at radius 1 is 1.22 bits per heavy atom. The number of aromatic carboxylic acids is 1. The molecular weight excluding hydrogens is 238 g/mol. The zero-order valence-corrected chi connectivity index (χ0v) is 9.81. The second-order valence-electron chi connectivity index (χ2n) is 3.60. The largest absolute Gasteiger partial charge is 0.497 e. The number of ether oxygens (including phenoxy) is 2. The minimum atomic E-state index is -1.20. The molecule has 0 amide bonds. The number of aromatic nitrogens is 1. The first-order valence-electron chi connectivity index (χ1n) is 5.09. The Bertz CT molecular complexity index is 674. The number of hydrogen-bond acceptors (Lipinski definition) is 4. The van der Waals surface area contributed by atoms with Crippen molar-refractivity contribution in [2.45, 2.75) is 0 Å². The highest BCUT2D eigenvalue weighted by Gasteiger charge is 2.12. The summed E-state index contributed by atoms with van der Waals surface area (Å²) in [5, 5.41) is 9.21. The van der Waals surface area contributed by atoms with E-state index in [4.69, 9.17) is 14.6 Å². The van der Waals surface area contributed by atoms with Crippen molar-refractivity contribution < 1.29 is 19.4 Å². The van der Waals surface area contributed by atoms with E-state index in [1.165, 1.54) is 20.3 Å². The Morgan fingerprint density at radius 3 is 2.50 bits per heavy atom. The van der Waals surface area contributed by atoms with E-state index >= 15 is 0 Å². The molecule has 0 radical (unpaired) electrons. The zero-order valence-electron chi connectivity index (χ0n) is 9.81. The summed E-state index contributed by atoms with van der Waals surface area (Å²) in [6, 6.07) is 4.13. The van der Waals surface area contributed by atoms with Gasteiger partial charge in [0.2, 0.25) is 0 Å². The molecule has 1 heterocycles. The highest BCUT2D eigenvalue weighted by Crippen LogP contribution is 2.27. The van der Waals surface area contributed by atoms with Crippen molar-refractivity contribution in [1.82, 2.24) is 4.98 Å². The second-order valence-corrected chi connectivity index (χ2v) is 3.60. The molecule has 2 N–H and O–H groups in total. The van der Waals surface area contributed by atoms with Crippen LogP contribution in [0.15, 0.2) is 23.0 Å². The summed E-state index contributed by atoms with van der Waals surface area (Å²) in [6.07, 6.45) is 0. The van der Waals surface area contributed by atoms with E-state index in [0.717, 1.165) is 6.07 Å². The van der Waals surface area contributed by atoms with E-state index in [9.17, 15) is 9.59 Å². The number of benzene rings is 1. The first-order valence-corrected chi connectivity index (χ1v) is 5.09. The normalized spacial score (nSPS) is 10.3. The topological polar surface area (TPSA) is 88.6 Å². The third kappa shape index (κ3) is 1.88. The van der Waals surface area contributed by atoms with Crippen LogP contribution in [0.2, 0.25) is 0 Å². The molecule has 2 aromatic rings. The van der Waals surface area contributed by atoms with Crippen LogP contribution in [0.25, 0.3) is 10.9 Å². The van der Waals surface area contributed by atoms with E-state index in [1.807, 2.05) is 0 Å². The molecule has 0 atom stereocenters. The molecular formula is C12H11NO5. The van der Waals surface area contributed by atoms with Gasteiger partial charge in [-0.1, -0.05) is 0 Å². The lowest BCUT2D eigenvalue weighted by atomic mass is 10.1. The third-order valence-corrected chi connectivity index (χ3v) is 2.56. The van der Waals surface area contributed by atoms with E-state index in [2.05, 4.69) is 4.98 Å². The van der Waals surface area contributed by atoms with Gasteiger partial charge >= 0.3 is 5.97 Å². The van der Waals surface area contributed by atoms with Crippen LogP contribution in [-0.2, 0) is 0 Å². The Labute approximate surface area is 102 Å². The molecule has 0 fully saturated rings. The Hall–Kier alpha value is -2.50. The lowest BCUT2D eigenvalue weighted by molar-refractivity contribution is 0.0691. The molecule has 0 unspecified atom stereocenters. The maximum atomic E-state index is 11.8. The molecule has 0 saturated carbocycles. The van der Waals surface area contributed by atoms with Gasteiger partial charge in [-0.05, 0) is 6.07 Å². The van der Waals surface area contributed by atoms with Crippen LogP contribution in [0.4, 0.5) is 0 Å². The number of carboxylic acids is 1. The highest BCUT2D eigenvalue weighted by molar-refractivity contribution is 5.92. The number of hydrogen-bond donors (Lipinski definition) is 2. The van der Waals surface area contributed by atoms with Crippen molar-refractivity contribution in [3.8, 4) is 11.5 Å². The molecule has 6 heteroatoms. The molecule has 6 nitrogen and oxygen atoms in total. The van der Waals surface area contributed by atoms with Crippen LogP contribution >= 0.6 is 0 Å². The smallest absolute Gasteiger partial charge is 0.352 e. The van der Waals surface area contributed by atoms with Crippen molar-refractivity contribution in [2.75, 3.05) is 14.2 Å². The van der Waals surface area contributed by atoms with Crippen LogP contribution in [-0.4, -0.2) is 30.3 Å². The zero-order chi connectivity index (χ0) is 13.3. The van der Waals surface area contributed by atoms with Gasteiger partial charge in [-0.3, -0.25) is 4.79 Å². The molecule has 0 aliphatic heterocycles. The molecule has 2 rings (SSSR count). The lowest BCUT2D eigenvalue weighted by Gasteiger charge is -2.09. The first-order chi connectivity index (χ1) is 8.56. The summed E-state index contributed by atoms with van der Waals surface area (Å²) in [5.74, 6) is -0.385. The van der Waals surface area contributed by atoms with Gasteiger partial charge in [0.05, 0.1) is 25.1 Å². The van der Waals surface area contributed by atoms with Crippen LogP contribution in [0.5, 0.6) is 11.5 Å². The molecule has 0 aliphatic rings. The summed E-state index contributed by atoms with van der Waals surface area (Å²) >= 11 is 0. The van der Waals surface area contributed by atoms with Crippen molar-refractivity contribution in [2.24, 2.45) is 0 Å².